The number of hydrogen-bond donors (Lipinski definition) is 1. The van der Waals surface area contributed by atoms with Gasteiger partial charge in [-0.25, -0.2) is 0 Å². The van der Waals surface area contributed by atoms with E-state index in [2.05, 4.69) is 32.2 Å². The molecule has 0 spiro atoms. The second-order valence-electron chi connectivity index (χ2n) is 7.95. The summed E-state index contributed by atoms with van der Waals surface area (Å²) in [4.78, 5) is 12.6. The van der Waals surface area contributed by atoms with Gasteiger partial charge in [0.15, 0.2) is 5.16 Å². The number of amides is 1. The molecule has 7 heteroatoms. The van der Waals surface area contributed by atoms with Crippen LogP contribution in [-0.2, 0) is 11.3 Å². The van der Waals surface area contributed by atoms with Crippen molar-refractivity contribution in [3.8, 4) is 0 Å². The number of hydrogen-bond acceptors (Lipinski definition) is 5. The average Bonchev–Trinajstić information content (AvgIpc) is 3.40. The Bertz CT molecular complexity index is 1160. The van der Waals surface area contributed by atoms with Crippen LogP contribution in [0, 0.1) is 0 Å². The smallest absolute Gasteiger partial charge is 0.231 e. The van der Waals surface area contributed by atoms with Crippen molar-refractivity contribution in [1.29, 1.82) is 0 Å². The van der Waals surface area contributed by atoms with Crippen LogP contribution in [0.15, 0.2) is 70.2 Å². The predicted octanol–water partition coefficient (Wildman–Crippen LogP) is 4.92. The molecule has 2 aromatic heterocycles. The van der Waals surface area contributed by atoms with Gasteiger partial charge >= 0.3 is 0 Å². The summed E-state index contributed by atoms with van der Waals surface area (Å²) >= 11 is 1.43. The quantitative estimate of drug-likeness (QED) is 0.400. The van der Waals surface area contributed by atoms with Crippen LogP contribution >= 0.6 is 11.8 Å². The standard InChI is InChI=1S/C24H24N4O2S/c1-16(21-13-19-9-5-6-10-20(19)30-21)25-22(29)15-31-24-27-26-23(18-11-12-18)28(24)14-17-7-3-2-4-8-17/h2-10,13,16,18H,11-12,14-15H2,1H3,(H,25,29)/t16-/m1/s1. The summed E-state index contributed by atoms with van der Waals surface area (Å²) in [5.41, 5.74) is 2.03. The van der Waals surface area contributed by atoms with E-state index in [9.17, 15) is 4.79 Å². The van der Waals surface area contributed by atoms with Gasteiger partial charge in [0.1, 0.15) is 17.2 Å². The van der Waals surface area contributed by atoms with Gasteiger partial charge in [-0.05, 0) is 37.5 Å². The normalized spacial score (nSPS) is 14.6. The number of rotatable bonds is 8. The zero-order valence-electron chi connectivity index (χ0n) is 17.3. The van der Waals surface area contributed by atoms with E-state index in [0.29, 0.717) is 5.92 Å². The third-order valence-electron chi connectivity index (χ3n) is 5.45. The SMILES string of the molecule is C[C@@H](NC(=O)CSc1nnc(C2CC2)n1Cc1ccccc1)c1cc2ccccc2o1. The van der Waals surface area contributed by atoms with Gasteiger partial charge in [-0.3, -0.25) is 4.79 Å². The van der Waals surface area contributed by atoms with Crippen LogP contribution in [0.2, 0.25) is 0 Å². The van der Waals surface area contributed by atoms with Crippen LogP contribution < -0.4 is 5.32 Å². The molecule has 4 aromatic rings. The molecule has 2 heterocycles. The number of para-hydroxylation sites is 1. The van der Waals surface area contributed by atoms with Gasteiger partial charge in [0.05, 0.1) is 18.3 Å². The molecule has 5 rings (SSSR count). The van der Waals surface area contributed by atoms with Crippen LogP contribution in [0.5, 0.6) is 0 Å². The third-order valence-corrected chi connectivity index (χ3v) is 6.42. The van der Waals surface area contributed by atoms with E-state index in [-0.39, 0.29) is 17.7 Å². The Hall–Kier alpha value is -3.06. The molecule has 1 aliphatic carbocycles. The van der Waals surface area contributed by atoms with E-state index >= 15 is 0 Å². The number of carbonyl (C=O) groups excluding carboxylic acids is 1. The lowest BCUT2D eigenvalue weighted by Gasteiger charge is -2.12. The Balaban J connectivity index is 1.24. The molecule has 158 valence electrons. The number of nitrogens with zero attached hydrogens (tertiary/aromatic N) is 3. The fraction of sp³-hybridized carbons (Fsp3) is 0.292. The number of thioether (sulfide) groups is 1. The maximum Gasteiger partial charge on any atom is 0.231 e. The van der Waals surface area contributed by atoms with Gasteiger partial charge in [-0.2, -0.15) is 0 Å². The Morgan fingerprint density at radius 2 is 1.94 bits per heavy atom. The van der Waals surface area contributed by atoms with Gasteiger partial charge < -0.3 is 14.3 Å². The largest absolute Gasteiger partial charge is 0.459 e. The molecule has 1 saturated carbocycles. The fourth-order valence-electron chi connectivity index (χ4n) is 3.67. The minimum atomic E-state index is -0.204. The van der Waals surface area contributed by atoms with E-state index < -0.39 is 0 Å². The van der Waals surface area contributed by atoms with Gasteiger partial charge in [0.25, 0.3) is 0 Å². The minimum absolute atomic E-state index is 0.0554. The van der Waals surface area contributed by atoms with Gasteiger partial charge in [-0.15, -0.1) is 10.2 Å². The molecule has 2 aromatic carbocycles. The van der Waals surface area contributed by atoms with Crippen molar-refractivity contribution in [2.75, 3.05) is 5.75 Å². The second kappa shape index (κ2) is 8.59. The monoisotopic (exact) mass is 432 g/mol. The van der Waals surface area contributed by atoms with Crippen molar-refractivity contribution in [2.45, 2.75) is 43.4 Å². The first-order valence-corrected chi connectivity index (χ1v) is 11.5. The second-order valence-corrected chi connectivity index (χ2v) is 8.89. The first kappa shape index (κ1) is 19.9. The van der Waals surface area contributed by atoms with Gasteiger partial charge in [-0.1, -0.05) is 60.3 Å². The van der Waals surface area contributed by atoms with Crippen LogP contribution in [-0.4, -0.2) is 26.4 Å². The lowest BCUT2D eigenvalue weighted by Crippen LogP contribution is -2.28. The van der Waals surface area contributed by atoms with Crippen molar-refractivity contribution in [3.05, 3.63) is 77.8 Å². The number of furan rings is 1. The van der Waals surface area contributed by atoms with Crippen LogP contribution in [0.4, 0.5) is 0 Å². The van der Waals surface area contributed by atoms with Crippen molar-refractivity contribution >= 4 is 28.6 Å². The van der Waals surface area contributed by atoms with Crippen LogP contribution in [0.1, 0.15) is 48.9 Å². The molecule has 0 bridgehead atoms. The Labute approximate surface area is 185 Å². The molecular formula is C24H24N4O2S. The molecular weight excluding hydrogens is 408 g/mol. The first-order valence-electron chi connectivity index (χ1n) is 10.5. The summed E-state index contributed by atoms with van der Waals surface area (Å²) in [6.07, 6.45) is 2.32. The predicted molar refractivity (Wildman–Crippen MR) is 121 cm³/mol. The highest BCUT2D eigenvalue weighted by molar-refractivity contribution is 7.99. The molecule has 0 radical (unpaired) electrons. The van der Waals surface area contributed by atoms with E-state index in [4.69, 9.17) is 4.42 Å². The molecule has 31 heavy (non-hydrogen) atoms. The summed E-state index contributed by atoms with van der Waals surface area (Å²) in [5, 5.41) is 13.7. The highest BCUT2D eigenvalue weighted by atomic mass is 32.2. The van der Waals surface area contributed by atoms with Gasteiger partial charge in [0, 0.05) is 11.3 Å². The van der Waals surface area contributed by atoms with Crippen LogP contribution in [0.25, 0.3) is 11.0 Å². The van der Waals surface area contributed by atoms with E-state index in [1.807, 2.05) is 55.5 Å². The zero-order valence-corrected chi connectivity index (χ0v) is 18.1. The molecule has 0 aliphatic heterocycles. The highest BCUT2D eigenvalue weighted by Gasteiger charge is 2.30. The number of fused-ring (bicyclic) bond motifs is 1. The summed E-state index contributed by atoms with van der Waals surface area (Å²) in [6, 6.07) is 19.9. The van der Waals surface area contributed by atoms with E-state index in [0.717, 1.165) is 47.1 Å². The summed E-state index contributed by atoms with van der Waals surface area (Å²) < 4.78 is 8.03. The minimum Gasteiger partial charge on any atom is -0.459 e. The Morgan fingerprint density at radius 1 is 1.16 bits per heavy atom. The number of carbonyl (C=O) groups is 1. The van der Waals surface area contributed by atoms with E-state index in [1.165, 1.54) is 17.3 Å². The molecule has 1 aliphatic rings. The summed E-state index contributed by atoms with van der Waals surface area (Å²) in [7, 11) is 0. The first-order chi connectivity index (χ1) is 15.2. The average molecular weight is 433 g/mol. The number of nitrogens with one attached hydrogen (secondary N) is 1. The summed E-state index contributed by atoms with van der Waals surface area (Å²) in [6.45, 7) is 2.66. The molecule has 1 amide bonds. The number of benzene rings is 2. The maximum atomic E-state index is 12.6. The van der Waals surface area contributed by atoms with Crippen molar-refractivity contribution in [3.63, 3.8) is 0 Å². The molecule has 0 unspecified atom stereocenters. The van der Waals surface area contributed by atoms with Crippen molar-refractivity contribution < 1.29 is 9.21 Å². The lowest BCUT2D eigenvalue weighted by atomic mass is 10.2. The van der Waals surface area contributed by atoms with E-state index in [1.54, 1.807) is 0 Å². The lowest BCUT2D eigenvalue weighted by molar-refractivity contribution is -0.119. The highest BCUT2D eigenvalue weighted by Crippen LogP contribution is 2.40. The van der Waals surface area contributed by atoms with Crippen LogP contribution in [0.3, 0.4) is 0 Å². The molecule has 1 N–H and O–H groups in total. The maximum absolute atomic E-state index is 12.6. The Kier molecular flexibility index (Phi) is 5.51. The fourth-order valence-corrected chi connectivity index (χ4v) is 4.42. The van der Waals surface area contributed by atoms with Crippen molar-refractivity contribution in [1.82, 2.24) is 20.1 Å². The zero-order chi connectivity index (χ0) is 21.2. The van der Waals surface area contributed by atoms with Gasteiger partial charge in [0.2, 0.25) is 5.91 Å². The van der Waals surface area contributed by atoms with Crippen molar-refractivity contribution in [2.24, 2.45) is 0 Å². The summed E-state index contributed by atoms with van der Waals surface area (Å²) in [5.74, 6) is 2.50. The molecule has 0 saturated heterocycles. The molecule has 1 fully saturated rings. The Morgan fingerprint density at radius 3 is 2.71 bits per heavy atom. The number of aromatic nitrogens is 3. The third kappa shape index (κ3) is 4.51. The molecule has 1 atom stereocenters. The topological polar surface area (TPSA) is 73.0 Å². The molecule has 6 nitrogen and oxygen atoms in total.